The van der Waals surface area contributed by atoms with Gasteiger partial charge in [0.1, 0.15) is 6.17 Å². The fourth-order valence-electron chi connectivity index (χ4n) is 1.46. The van der Waals surface area contributed by atoms with Crippen LogP contribution in [0.15, 0.2) is 12.2 Å². The van der Waals surface area contributed by atoms with Gasteiger partial charge in [-0.1, -0.05) is 19.9 Å². The van der Waals surface area contributed by atoms with Gasteiger partial charge in [0.15, 0.2) is 5.78 Å². The molecule has 1 fully saturated rings. The molecule has 0 radical (unpaired) electrons. The number of ketones is 1. The normalized spacial score (nSPS) is 23.9. The van der Waals surface area contributed by atoms with Crippen molar-refractivity contribution in [3.63, 3.8) is 0 Å². The van der Waals surface area contributed by atoms with Crippen molar-refractivity contribution in [2.24, 2.45) is 5.92 Å². The number of rotatable bonds is 4. The van der Waals surface area contributed by atoms with Crippen LogP contribution in [0.25, 0.3) is 0 Å². The van der Waals surface area contributed by atoms with E-state index in [1.54, 1.807) is 6.08 Å². The second kappa shape index (κ2) is 5.25. The molecule has 2 nitrogen and oxygen atoms in total. The average molecular weight is 199 g/mol. The molecule has 1 heterocycles. The van der Waals surface area contributed by atoms with E-state index in [1.165, 1.54) is 0 Å². The zero-order valence-corrected chi connectivity index (χ0v) is 8.87. The molecule has 1 rings (SSSR count). The highest BCUT2D eigenvalue weighted by Gasteiger charge is 2.20. The molecular formula is C11H18FNO. The predicted octanol–water partition coefficient (Wildman–Crippen LogP) is 1.81. The van der Waals surface area contributed by atoms with Gasteiger partial charge >= 0.3 is 0 Å². The Morgan fingerprint density at radius 2 is 2.36 bits per heavy atom. The quantitative estimate of drug-likeness (QED) is 0.644. The minimum atomic E-state index is -0.677. The molecule has 3 heteroatoms. The molecule has 14 heavy (non-hydrogen) atoms. The zero-order valence-electron chi connectivity index (χ0n) is 8.87. The second-order valence-corrected chi connectivity index (χ2v) is 4.10. The number of alkyl halides is 1. The number of hydrogen-bond acceptors (Lipinski definition) is 2. The number of allylic oxidation sites excluding steroid dienone is 1. The maximum atomic E-state index is 12.8. The molecular weight excluding hydrogens is 181 g/mol. The highest BCUT2D eigenvalue weighted by atomic mass is 19.1. The van der Waals surface area contributed by atoms with Crippen LogP contribution in [-0.2, 0) is 4.79 Å². The summed E-state index contributed by atoms with van der Waals surface area (Å²) in [4.78, 5) is 13.2. The van der Waals surface area contributed by atoms with Crippen LogP contribution >= 0.6 is 0 Å². The van der Waals surface area contributed by atoms with Crippen molar-refractivity contribution in [3.8, 4) is 0 Å². The molecule has 0 aliphatic carbocycles. The first-order valence-corrected chi connectivity index (χ1v) is 5.16. The first kappa shape index (κ1) is 11.4. The van der Waals surface area contributed by atoms with E-state index >= 15 is 0 Å². The molecule has 1 aliphatic rings. The highest BCUT2D eigenvalue weighted by Crippen LogP contribution is 2.11. The molecule has 0 saturated carbocycles. The zero-order chi connectivity index (χ0) is 10.6. The molecule has 0 aromatic carbocycles. The molecule has 1 aliphatic heterocycles. The number of carbonyl (C=O) groups excluding carboxylic acids is 1. The fourth-order valence-corrected chi connectivity index (χ4v) is 1.46. The van der Waals surface area contributed by atoms with Crippen molar-refractivity contribution in [3.05, 3.63) is 12.2 Å². The van der Waals surface area contributed by atoms with Crippen LogP contribution in [-0.4, -0.2) is 36.5 Å². The van der Waals surface area contributed by atoms with Crippen LogP contribution in [0.3, 0.4) is 0 Å². The topological polar surface area (TPSA) is 20.3 Å². The van der Waals surface area contributed by atoms with Crippen molar-refractivity contribution < 1.29 is 9.18 Å². The van der Waals surface area contributed by atoms with Crippen LogP contribution in [0.5, 0.6) is 0 Å². The Labute approximate surface area is 84.8 Å². The summed E-state index contributed by atoms with van der Waals surface area (Å²) >= 11 is 0. The van der Waals surface area contributed by atoms with E-state index in [1.807, 2.05) is 24.8 Å². The molecule has 0 spiro atoms. The number of likely N-dealkylation sites (tertiary alicyclic amines) is 1. The van der Waals surface area contributed by atoms with E-state index in [4.69, 9.17) is 0 Å². The Kier molecular flexibility index (Phi) is 4.26. The third kappa shape index (κ3) is 3.58. The number of nitrogens with zero attached hydrogens (tertiary/aromatic N) is 1. The minimum Gasteiger partial charge on any atom is -0.297 e. The van der Waals surface area contributed by atoms with Crippen LogP contribution in [0, 0.1) is 5.92 Å². The summed E-state index contributed by atoms with van der Waals surface area (Å²) in [6.45, 7) is 5.76. The second-order valence-electron chi connectivity index (χ2n) is 4.10. The minimum absolute atomic E-state index is 0.0544. The van der Waals surface area contributed by atoms with Crippen molar-refractivity contribution >= 4 is 5.78 Å². The Balaban J connectivity index is 2.23. The van der Waals surface area contributed by atoms with E-state index in [2.05, 4.69) is 0 Å². The Bertz CT molecular complexity index is 225. The maximum Gasteiger partial charge on any atom is 0.157 e. The lowest BCUT2D eigenvalue weighted by molar-refractivity contribution is -0.117. The molecule has 0 unspecified atom stereocenters. The fraction of sp³-hybridized carbons (Fsp3) is 0.727. The van der Waals surface area contributed by atoms with E-state index < -0.39 is 6.17 Å². The van der Waals surface area contributed by atoms with Gasteiger partial charge in [0.2, 0.25) is 0 Å². The van der Waals surface area contributed by atoms with Gasteiger partial charge in [-0.2, -0.15) is 0 Å². The lowest BCUT2D eigenvalue weighted by Crippen LogP contribution is -2.21. The first-order chi connectivity index (χ1) is 6.59. The SMILES string of the molecule is CC(C)C(=O)/C=C/CN1CC[C@@H](F)C1. The van der Waals surface area contributed by atoms with Crippen LogP contribution in [0.1, 0.15) is 20.3 Å². The van der Waals surface area contributed by atoms with E-state index in [9.17, 15) is 9.18 Å². The van der Waals surface area contributed by atoms with Gasteiger partial charge in [-0.25, -0.2) is 4.39 Å². The maximum absolute atomic E-state index is 12.8. The molecule has 1 saturated heterocycles. The van der Waals surface area contributed by atoms with E-state index in [0.29, 0.717) is 19.5 Å². The van der Waals surface area contributed by atoms with Crippen molar-refractivity contribution in [2.45, 2.75) is 26.4 Å². The van der Waals surface area contributed by atoms with Gasteiger partial charge in [0, 0.05) is 25.6 Å². The van der Waals surface area contributed by atoms with E-state index in [0.717, 1.165) is 6.54 Å². The van der Waals surface area contributed by atoms with Gasteiger partial charge in [-0.3, -0.25) is 9.69 Å². The predicted molar refractivity (Wildman–Crippen MR) is 54.9 cm³/mol. The Hall–Kier alpha value is -0.700. The molecule has 0 bridgehead atoms. The Morgan fingerprint density at radius 3 is 2.86 bits per heavy atom. The largest absolute Gasteiger partial charge is 0.297 e. The molecule has 1 atom stereocenters. The van der Waals surface area contributed by atoms with Gasteiger partial charge in [-0.05, 0) is 12.5 Å². The van der Waals surface area contributed by atoms with Gasteiger partial charge < -0.3 is 0 Å². The summed E-state index contributed by atoms with van der Waals surface area (Å²) in [6.07, 6.45) is 3.40. The third-order valence-electron chi connectivity index (χ3n) is 2.43. The summed E-state index contributed by atoms with van der Waals surface area (Å²) in [5.74, 6) is 0.194. The smallest absolute Gasteiger partial charge is 0.157 e. The van der Waals surface area contributed by atoms with E-state index in [-0.39, 0.29) is 11.7 Å². The summed E-state index contributed by atoms with van der Waals surface area (Å²) in [5.41, 5.74) is 0. The molecule has 0 N–H and O–H groups in total. The average Bonchev–Trinajstić information content (AvgIpc) is 2.51. The monoisotopic (exact) mass is 199 g/mol. The van der Waals surface area contributed by atoms with Gasteiger partial charge in [0.05, 0.1) is 0 Å². The summed E-state index contributed by atoms with van der Waals surface area (Å²) in [7, 11) is 0. The van der Waals surface area contributed by atoms with Gasteiger partial charge in [-0.15, -0.1) is 0 Å². The Morgan fingerprint density at radius 1 is 1.64 bits per heavy atom. The third-order valence-corrected chi connectivity index (χ3v) is 2.43. The first-order valence-electron chi connectivity index (χ1n) is 5.16. The van der Waals surface area contributed by atoms with Crippen molar-refractivity contribution in [1.29, 1.82) is 0 Å². The lowest BCUT2D eigenvalue weighted by atomic mass is 10.1. The van der Waals surface area contributed by atoms with Crippen LogP contribution in [0.2, 0.25) is 0 Å². The number of hydrogen-bond donors (Lipinski definition) is 0. The molecule has 80 valence electrons. The number of halogens is 1. The number of carbonyl (C=O) groups is 1. The summed E-state index contributed by atoms with van der Waals surface area (Å²) < 4.78 is 12.8. The van der Waals surface area contributed by atoms with Gasteiger partial charge in [0.25, 0.3) is 0 Å². The van der Waals surface area contributed by atoms with Crippen LogP contribution < -0.4 is 0 Å². The molecule has 0 amide bonds. The van der Waals surface area contributed by atoms with Crippen molar-refractivity contribution in [1.82, 2.24) is 4.90 Å². The molecule has 0 aromatic heterocycles. The van der Waals surface area contributed by atoms with Crippen LogP contribution in [0.4, 0.5) is 4.39 Å². The van der Waals surface area contributed by atoms with Crippen molar-refractivity contribution in [2.75, 3.05) is 19.6 Å². The highest BCUT2D eigenvalue weighted by molar-refractivity contribution is 5.91. The summed E-state index contributed by atoms with van der Waals surface area (Å²) in [5, 5.41) is 0. The summed E-state index contributed by atoms with van der Waals surface area (Å²) in [6, 6.07) is 0. The molecule has 0 aromatic rings. The lowest BCUT2D eigenvalue weighted by Gasteiger charge is -2.10. The standard InChI is InChI=1S/C11H18FNO/c1-9(2)11(14)4-3-6-13-7-5-10(12)8-13/h3-4,9-10H,5-8H2,1-2H3/b4-3+/t10-/m1/s1.